The lowest BCUT2D eigenvalue weighted by atomic mass is 9.46. The highest BCUT2D eigenvalue weighted by atomic mass is 16.5. The van der Waals surface area contributed by atoms with E-state index in [0.717, 1.165) is 44.9 Å². The summed E-state index contributed by atoms with van der Waals surface area (Å²) in [5.41, 5.74) is 1.89. The van der Waals surface area contributed by atoms with Crippen molar-refractivity contribution in [1.29, 1.82) is 0 Å². The first-order valence-corrected chi connectivity index (χ1v) is 9.81. The molecule has 4 nitrogen and oxygen atoms in total. The maximum absolute atomic E-state index is 12.0. The van der Waals surface area contributed by atoms with Crippen LogP contribution in [0, 0.1) is 22.7 Å². The average Bonchev–Trinajstić information content (AvgIpc) is 2.53. The Labute approximate surface area is 157 Å². The second-order valence-electron chi connectivity index (χ2n) is 8.78. The third kappa shape index (κ3) is 4.05. The first-order chi connectivity index (χ1) is 12.1. The van der Waals surface area contributed by atoms with E-state index in [1.54, 1.807) is 0 Å². The molecule has 0 amide bonds. The van der Waals surface area contributed by atoms with Crippen LogP contribution in [-0.2, 0) is 14.3 Å². The van der Waals surface area contributed by atoms with Gasteiger partial charge in [0.05, 0.1) is 5.41 Å². The minimum Gasteiger partial charge on any atom is -0.481 e. The molecule has 2 fully saturated rings. The number of esters is 1. The minimum atomic E-state index is -0.642. The largest absolute Gasteiger partial charge is 0.481 e. The third-order valence-corrected chi connectivity index (χ3v) is 7.05. The maximum atomic E-state index is 12.0. The normalized spacial score (nSPS) is 34.9. The Bertz CT molecular complexity index is 605. The number of carboxylic acids is 1. The number of carbonyl (C=O) groups is 2. The van der Waals surface area contributed by atoms with Crippen LogP contribution in [0.4, 0.5) is 0 Å². The predicted molar refractivity (Wildman–Crippen MR) is 103 cm³/mol. The number of hydrogen-bond donors (Lipinski definition) is 1. The van der Waals surface area contributed by atoms with Gasteiger partial charge in [0.25, 0.3) is 0 Å². The van der Waals surface area contributed by atoms with Crippen LogP contribution in [0.15, 0.2) is 23.8 Å². The Morgan fingerprint density at radius 3 is 2.62 bits per heavy atom. The summed E-state index contributed by atoms with van der Waals surface area (Å²) < 4.78 is 4.99. The molecule has 0 aromatic rings. The molecule has 2 aliphatic carbocycles. The fourth-order valence-electron chi connectivity index (χ4n) is 5.51. The molecule has 4 heteroatoms. The zero-order chi connectivity index (χ0) is 19.5. The Morgan fingerprint density at radius 1 is 1.31 bits per heavy atom. The summed E-state index contributed by atoms with van der Waals surface area (Å²) >= 11 is 0. The van der Waals surface area contributed by atoms with Crippen molar-refractivity contribution in [3.05, 3.63) is 23.8 Å². The number of rotatable bonds is 6. The van der Waals surface area contributed by atoms with E-state index in [4.69, 9.17) is 4.74 Å². The van der Waals surface area contributed by atoms with Gasteiger partial charge in [0.1, 0.15) is 6.61 Å². The van der Waals surface area contributed by atoms with Crippen molar-refractivity contribution >= 4 is 11.9 Å². The van der Waals surface area contributed by atoms with Gasteiger partial charge in [0.15, 0.2) is 0 Å². The van der Waals surface area contributed by atoms with Crippen LogP contribution < -0.4 is 0 Å². The maximum Gasteiger partial charge on any atom is 0.309 e. The molecule has 2 rings (SSSR count). The van der Waals surface area contributed by atoms with Crippen LogP contribution in [0.5, 0.6) is 0 Å². The van der Waals surface area contributed by atoms with Gasteiger partial charge in [-0.25, -0.2) is 0 Å². The van der Waals surface area contributed by atoms with Crippen molar-refractivity contribution < 1.29 is 19.4 Å². The first-order valence-electron chi connectivity index (χ1n) is 9.81. The van der Waals surface area contributed by atoms with E-state index in [-0.39, 0.29) is 17.3 Å². The molecule has 0 saturated heterocycles. The molecule has 146 valence electrons. The second kappa shape index (κ2) is 7.98. The third-order valence-electron chi connectivity index (χ3n) is 7.05. The minimum absolute atomic E-state index is 0.0108. The van der Waals surface area contributed by atoms with Crippen LogP contribution in [0.1, 0.15) is 72.6 Å². The number of carbonyl (C=O) groups excluding carboxylic acids is 1. The predicted octanol–water partition coefficient (Wildman–Crippen LogP) is 5.14. The summed E-state index contributed by atoms with van der Waals surface area (Å²) in [5.74, 6) is -0.336. The molecule has 0 radical (unpaired) electrons. The van der Waals surface area contributed by atoms with Crippen molar-refractivity contribution in [2.75, 3.05) is 6.61 Å². The zero-order valence-corrected chi connectivity index (χ0v) is 16.8. The fourth-order valence-corrected chi connectivity index (χ4v) is 5.51. The SMILES string of the molecule is C=C1CC[C@H]2[C@@](C)(CCC[C@@]2(C)C(=O)O)[C@@H]1CC/C(C)=C/COC(C)=O. The van der Waals surface area contributed by atoms with E-state index >= 15 is 0 Å². The lowest BCUT2D eigenvalue weighted by Gasteiger charge is -2.57. The number of carboxylic acid groups (broad SMARTS) is 1. The monoisotopic (exact) mass is 362 g/mol. The van der Waals surface area contributed by atoms with E-state index < -0.39 is 11.4 Å². The van der Waals surface area contributed by atoms with Gasteiger partial charge >= 0.3 is 11.9 Å². The summed E-state index contributed by atoms with van der Waals surface area (Å²) in [6.45, 7) is 12.4. The number of fused-ring (bicyclic) bond motifs is 1. The van der Waals surface area contributed by atoms with Gasteiger partial charge in [-0.05, 0) is 75.7 Å². The number of aliphatic carboxylic acids is 1. The lowest BCUT2D eigenvalue weighted by molar-refractivity contribution is -0.164. The molecule has 0 bridgehead atoms. The molecular weight excluding hydrogens is 328 g/mol. The zero-order valence-electron chi connectivity index (χ0n) is 16.8. The van der Waals surface area contributed by atoms with Gasteiger partial charge in [-0.3, -0.25) is 9.59 Å². The lowest BCUT2D eigenvalue weighted by Crippen LogP contribution is -2.53. The van der Waals surface area contributed by atoms with Gasteiger partial charge < -0.3 is 9.84 Å². The molecule has 1 N–H and O–H groups in total. The molecule has 0 aromatic heterocycles. The Morgan fingerprint density at radius 2 is 2.00 bits per heavy atom. The van der Waals surface area contributed by atoms with Crippen LogP contribution in [0.3, 0.4) is 0 Å². The van der Waals surface area contributed by atoms with Crippen molar-refractivity contribution in [2.24, 2.45) is 22.7 Å². The Kier molecular flexibility index (Phi) is 6.36. The van der Waals surface area contributed by atoms with E-state index in [2.05, 4.69) is 20.4 Å². The smallest absolute Gasteiger partial charge is 0.309 e. The van der Waals surface area contributed by atoms with E-state index in [9.17, 15) is 14.7 Å². The molecule has 0 spiro atoms. The molecular formula is C22H34O4. The molecule has 0 heterocycles. The van der Waals surface area contributed by atoms with E-state index in [1.807, 2.05) is 13.0 Å². The molecule has 2 aliphatic rings. The topological polar surface area (TPSA) is 63.6 Å². The summed E-state index contributed by atoms with van der Waals surface area (Å²) in [4.78, 5) is 22.9. The quantitative estimate of drug-likeness (QED) is 0.525. The van der Waals surface area contributed by atoms with Crippen LogP contribution in [-0.4, -0.2) is 23.7 Å². The highest BCUT2D eigenvalue weighted by Gasteiger charge is 2.57. The number of ether oxygens (including phenoxy) is 1. The van der Waals surface area contributed by atoms with Gasteiger partial charge in [-0.1, -0.05) is 31.1 Å². The Balaban J connectivity index is 2.13. The number of allylic oxidation sites excluding steroid dienone is 2. The van der Waals surface area contributed by atoms with Crippen LogP contribution in [0.25, 0.3) is 0 Å². The molecule has 0 aromatic carbocycles. The molecule has 0 unspecified atom stereocenters. The van der Waals surface area contributed by atoms with Gasteiger partial charge in [0.2, 0.25) is 0 Å². The van der Waals surface area contributed by atoms with Crippen molar-refractivity contribution in [3.63, 3.8) is 0 Å². The van der Waals surface area contributed by atoms with Crippen molar-refractivity contribution in [1.82, 2.24) is 0 Å². The van der Waals surface area contributed by atoms with Crippen molar-refractivity contribution in [3.8, 4) is 0 Å². The highest BCUT2D eigenvalue weighted by molar-refractivity contribution is 5.75. The second-order valence-corrected chi connectivity index (χ2v) is 8.78. The highest BCUT2D eigenvalue weighted by Crippen LogP contribution is 2.62. The van der Waals surface area contributed by atoms with E-state index in [1.165, 1.54) is 18.1 Å². The van der Waals surface area contributed by atoms with Crippen LogP contribution in [0.2, 0.25) is 0 Å². The van der Waals surface area contributed by atoms with Gasteiger partial charge in [-0.2, -0.15) is 0 Å². The summed E-state index contributed by atoms with van der Waals surface area (Å²) in [5, 5.41) is 9.89. The average molecular weight is 363 g/mol. The summed E-state index contributed by atoms with van der Waals surface area (Å²) in [6, 6.07) is 0. The van der Waals surface area contributed by atoms with Crippen molar-refractivity contribution in [2.45, 2.75) is 72.6 Å². The molecule has 0 aliphatic heterocycles. The molecule has 2 saturated carbocycles. The standard InChI is InChI=1S/C22H34O4/c1-15(11-14-26-17(3)23)7-9-18-16(2)8-10-19-21(18,4)12-6-13-22(19,5)20(24)25/h11,18-19H,2,6-10,12-14H2,1,3-5H3,(H,24,25)/b15-11+/t18-,19+,21+,22-/m1/s1. The Hall–Kier alpha value is -1.58. The summed E-state index contributed by atoms with van der Waals surface area (Å²) in [6.07, 6.45) is 8.60. The molecule has 26 heavy (non-hydrogen) atoms. The first kappa shape index (κ1) is 20.7. The fraction of sp³-hybridized carbons (Fsp3) is 0.727. The van der Waals surface area contributed by atoms with E-state index in [0.29, 0.717) is 12.5 Å². The number of hydrogen-bond acceptors (Lipinski definition) is 3. The summed E-state index contributed by atoms with van der Waals surface area (Å²) in [7, 11) is 0. The molecule has 4 atom stereocenters. The van der Waals surface area contributed by atoms with Crippen LogP contribution >= 0.6 is 0 Å². The van der Waals surface area contributed by atoms with Gasteiger partial charge in [-0.15, -0.1) is 0 Å². The van der Waals surface area contributed by atoms with Gasteiger partial charge in [0, 0.05) is 6.92 Å².